The van der Waals surface area contributed by atoms with Crippen LogP contribution in [0, 0.1) is 0 Å². The summed E-state index contributed by atoms with van der Waals surface area (Å²) in [4.78, 5) is 0. The van der Waals surface area contributed by atoms with Crippen LogP contribution in [0.3, 0.4) is 0 Å². The van der Waals surface area contributed by atoms with E-state index < -0.39 is 20.2 Å². The summed E-state index contributed by atoms with van der Waals surface area (Å²) in [6.45, 7) is 3.60. The van der Waals surface area contributed by atoms with E-state index >= 15 is 0 Å². The van der Waals surface area contributed by atoms with Crippen LogP contribution >= 0.6 is 0 Å². The molecule has 0 amide bonds. The van der Waals surface area contributed by atoms with Crippen molar-refractivity contribution in [1.82, 2.24) is 0 Å². The van der Waals surface area contributed by atoms with Gasteiger partial charge < -0.3 is 8.97 Å². The van der Waals surface area contributed by atoms with Gasteiger partial charge in [0.25, 0.3) is 20.2 Å². The van der Waals surface area contributed by atoms with E-state index in [1.807, 2.05) is 0 Å². The Labute approximate surface area is 198 Å². The maximum Gasteiger partial charge on any atom is 0.265 e. The van der Waals surface area contributed by atoms with E-state index in [1.165, 1.54) is 51.4 Å². The summed E-state index contributed by atoms with van der Waals surface area (Å²) in [5, 5.41) is 0. The molecule has 10 heteroatoms. The lowest BCUT2D eigenvalue weighted by atomic mass is 10.1. The molecule has 8 nitrogen and oxygen atoms in total. The first kappa shape index (κ1) is 31.7. The lowest BCUT2D eigenvalue weighted by Crippen LogP contribution is -2.41. The largest absolute Gasteiger partial charge is 0.328 e. The summed E-state index contributed by atoms with van der Waals surface area (Å²) in [6.07, 6.45) is 13.3. The van der Waals surface area contributed by atoms with Gasteiger partial charge in [-0.05, 0) is 25.7 Å². The van der Waals surface area contributed by atoms with Crippen molar-refractivity contribution in [1.29, 1.82) is 0 Å². The van der Waals surface area contributed by atoms with Crippen molar-refractivity contribution in [2.75, 3.05) is 65.9 Å². The highest BCUT2D eigenvalue weighted by Gasteiger charge is 2.17. The number of nitrogens with zero attached hydrogens (tertiary/aromatic N) is 2. The Hall–Kier alpha value is -0.260. The zero-order chi connectivity index (χ0) is 24.7. The minimum absolute atomic E-state index is 0.150. The highest BCUT2D eigenvalue weighted by Crippen LogP contribution is 2.13. The van der Waals surface area contributed by atoms with Crippen LogP contribution in [0.2, 0.25) is 0 Å². The van der Waals surface area contributed by atoms with Gasteiger partial charge in [-0.3, -0.25) is 9.11 Å². The fourth-order valence-corrected chi connectivity index (χ4v) is 5.06. The molecule has 0 aliphatic rings. The Morgan fingerprint density at radius 1 is 0.438 bits per heavy atom. The van der Waals surface area contributed by atoms with Gasteiger partial charge in [0, 0.05) is 12.8 Å². The molecule has 0 saturated carbocycles. The summed E-state index contributed by atoms with van der Waals surface area (Å²) in [6, 6.07) is 0. The number of hydrogen-bond donors (Lipinski definition) is 2. The summed E-state index contributed by atoms with van der Waals surface area (Å²) in [5.41, 5.74) is 0. The van der Waals surface area contributed by atoms with Gasteiger partial charge in [0.2, 0.25) is 0 Å². The van der Waals surface area contributed by atoms with Crippen LogP contribution in [-0.2, 0) is 20.2 Å². The molecule has 0 atom stereocenters. The number of unbranched alkanes of at least 4 members (excludes halogenated alkanes) is 9. The molecule has 0 aliphatic heterocycles. The third-order valence-corrected chi connectivity index (χ3v) is 7.72. The van der Waals surface area contributed by atoms with Gasteiger partial charge in [-0.1, -0.05) is 38.5 Å². The van der Waals surface area contributed by atoms with Crippen LogP contribution < -0.4 is 0 Å². The second kappa shape index (κ2) is 15.6. The van der Waals surface area contributed by atoms with E-state index in [0.29, 0.717) is 12.8 Å². The minimum Gasteiger partial charge on any atom is -0.328 e. The molecule has 0 spiro atoms. The second-order valence-corrected chi connectivity index (χ2v) is 13.7. The van der Waals surface area contributed by atoms with Crippen LogP contribution in [0.1, 0.15) is 77.0 Å². The smallest absolute Gasteiger partial charge is 0.265 e. The van der Waals surface area contributed by atoms with Gasteiger partial charge >= 0.3 is 0 Å². The third-order valence-electron chi connectivity index (χ3n) is 6.11. The number of quaternary nitrogens is 2. The maximum absolute atomic E-state index is 10.8. The molecule has 0 fully saturated rings. The standard InChI is InChI=1S/C22H48N2O6S2/c1-23(2,19-15-21-31(25,26)27)17-13-11-9-7-5-6-8-10-12-14-18-24(3,4)20-16-22-32(28,29)30/h5-22H2,1-4H3/p+2. The topological polar surface area (TPSA) is 109 Å². The van der Waals surface area contributed by atoms with Crippen molar-refractivity contribution in [3.8, 4) is 0 Å². The molecule has 2 N–H and O–H groups in total. The Bertz CT molecular complexity index is 631. The molecule has 0 aliphatic carbocycles. The Balaban J connectivity index is 3.55. The van der Waals surface area contributed by atoms with Gasteiger partial charge in [-0.2, -0.15) is 16.8 Å². The molecule has 0 heterocycles. The van der Waals surface area contributed by atoms with Crippen LogP contribution in [-0.4, -0.2) is 101 Å². The summed E-state index contributed by atoms with van der Waals surface area (Å²) >= 11 is 0. The van der Waals surface area contributed by atoms with Crippen LogP contribution in [0.5, 0.6) is 0 Å². The third kappa shape index (κ3) is 22.9. The van der Waals surface area contributed by atoms with E-state index in [1.54, 1.807) is 0 Å². The highest BCUT2D eigenvalue weighted by molar-refractivity contribution is 7.86. The van der Waals surface area contributed by atoms with Gasteiger partial charge in [0.1, 0.15) is 0 Å². The monoisotopic (exact) mass is 502 g/mol. The lowest BCUT2D eigenvalue weighted by Gasteiger charge is -2.29. The van der Waals surface area contributed by atoms with Crippen molar-refractivity contribution >= 4 is 20.2 Å². The van der Waals surface area contributed by atoms with E-state index in [-0.39, 0.29) is 11.5 Å². The summed E-state index contributed by atoms with van der Waals surface area (Å²) in [5.74, 6) is -0.300. The van der Waals surface area contributed by atoms with Gasteiger partial charge in [0.05, 0.1) is 65.9 Å². The SMILES string of the molecule is C[N+](C)(CCCCCCCCCCCC[N+](C)(C)CCCS(=O)(=O)O)CCCS(=O)(=O)O. The molecule has 194 valence electrons. The first-order valence-corrected chi connectivity index (χ1v) is 15.4. The predicted molar refractivity (Wildman–Crippen MR) is 132 cm³/mol. The first-order valence-electron chi connectivity index (χ1n) is 12.2. The van der Waals surface area contributed by atoms with Crippen molar-refractivity contribution in [2.24, 2.45) is 0 Å². The van der Waals surface area contributed by atoms with Crippen LogP contribution in [0.15, 0.2) is 0 Å². The second-order valence-electron chi connectivity index (χ2n) is 10.6. The fraction of sp³-hybridized carbons (Fsp3) is 1.00. The van der Waals surface area contributed by atoms with E-state index in [4.69, 9.17) is 9.11 Å². The Morgan fingerprint density at radius 3 is 0.906 bits per heavy atom. The molecule has 0 bridgehead atoms. The van der Waals surface area contributed by atoms with E-state index in [9.17, 15) is 16.8 Å². The highest BCUT2D eigenvalue weighted by atomic mass is 32.2. The van der Waals surface area contributed by atoms with Gasteiger partial charge in [-0.15, -0.1) is 0 Å². The molecular formula is C22H50N2O6S2+2. The molecule has 0 saturated heterocycles. The average Bonchev–Trinajstić information content (AvgIpc) is 2.59. The molecule has 0 rings (SSSR count). The zero-order valence-electron chi connectivity index (χ0n) is 21.0. The molecule has 0 radical (unpaired) electrons. The summed E-state index contributed by atoms with van der Waals surface area (Å²) < 4.78 is 62.4. The Kier molecular flexibility index (Phi) is 15.5. The predicted octanol–water partition coefficient (Wildman–Crippen LogP) is 3.60. The van der Waals surface area contributed by atoms with Gasteiger partial charge in [-0.25, -0.2) is 0 Å². The quantitative estimate of drug-likeness (QED) is 0.141. The van der Waals surface area contributed by atoms with Gasteiger partial charge in [0.15, 0.2) is 0 Å². The van der Waals surface area contributed by atoms with Crippen LogP contribution in [0.25, 0.3) is 0 Å². The lowest BCUT2D eigenvalue weighted by molar-refractivity contribution is -0.890. The van der Waals surface area contributed by atoms with Crippen molar-refractivity contribution in [3.05, 3.63) is 0 Å². The molecule has 0 aromatic rings. The van der Waals surface area contributed by atoms with Crippen molar-refractivity contribution < 1.29 is 34.9 Å². The molecule has 0 unspecified atom stereocenters. The van der Waals surface area contributed by atoms with E-state index in [0.717, 1.165) is 48.0 Å². The number of hydrogen-bond acceptors (Lipinski definition) is 4. The Morgan fingerprint density at radius 2 is 0.656 bits per heavy atom. The minimum atomic E-state index is -3.84. The average molecular weight is 503 g/mol. The molecule has 0 aromatic carbocycles. The normalized spacial score (nSPS) is 13.6. The molecule has 32 heavy (non-hydrogen) atoms. The first-order chi connectivity index (χ1) is 14.6. The van der Waals surface area contributed by atoms with Crippen molar-refractivity contribution in [2.45, 2.75) is 77.0 Å². The maximum atomic E-state index is 10.8. The van der Waals surface area contributed by atoms with E-state index in [2.05, 4.69) is 28.2 Å². The van der Waals surface area contributed by atoms with Crippen LogP contribution in [0.4, 0.5) is 0 Å². The number of rotatable bonds is 21. The van der Waals surface area contributed by atoms with Crippen molar-refractivity contribution in [3.63, 3.8) is 0 Å². The zero-order valence-corrected chi connectivity index (χ0v) is 22.6. The summed E-state index contributed by atoms with van der Waals surface area (Å²) in [7, 11) is 0.771. The molecule has 0 aromatic heterocycles. The fourth-order valence-electron chi connectivity index (χ4n) is 4.07. The molecular weight excluding hydrogens is 452 g/mol.